The second-order valence-electron chi connectivity index (χ2n) is 3.83. The van der Waals surface area contributed by atoms with E-state index < -0.39 is 13.6 Å². The standard InChI is InChI=1S/C12H12O6P2S/c13-19(14,17-11-7-3-1-4-8-11)21-20(15,16)18-12-9-5-2-6-10-12/h1-10H,(H,13,14)(H,15,16). The van der Waals surface area contributed by atoms with E-state index in [0.29, 0.717) is 0 Å². The summed E-state index contributed by atoms with van der Waals surface area (Å²) in [7, 11) is 0. The molecule has 0 amide bonds. The van der Waals surface area contributed by atoms with E-state index in [9.17, 15) is 18.9 Å². The molecule has 2 aromatic rings. The van der Waals surface area contributed by atoms with Crippen molar-refractivity contribution in [3.05, 3.63) is 60.7 Å². The van der Waals surface area contributed by atoms with Gasteiger partial charge < -0.3 is 18.8 Å². The lowest BCUT2D eigenvalue weighted by molar-refractivity contribution is 0.397. The molecule has 0 bridgehead atoms. The van der Waals surface area contributed by atoms with Gasteiger partial charge in [0, 0.05) is 0 Å². The summed E-state index contributed by atoms with van der Waals surface area (Å²) in [5.74, 6) is 0.242. The summed E-state index contributed by atoms with van der Waals surface area (Å²) in [4.78, 5) is 19.3. The van der Waals surface area contributed by atoms with Crippen molar-refractivity contribution in [3.63, 3.8) is 0 Å². The summed E-state index contributed by atoms with van der Waals surface area (Å²) in [5, 5.41) is 0. The van der Waals surface area contributed by atoms with Crippen molar-refractivity contribution >= 4 is 24.6 Å². The molecule has 9 heteroatoms. The Morgan fingerprint density at radius 2 is 1.05 bits per heavy atom. The normalized spacial score (nSPS) is 16.5. The van der Waals surface area contributed by atoms with Crippen molar-refractivity contribution in [2.75, 3.05) is 0 Å². The third-order valence-electron chi connectivity index (χ3n) is 2.13. The van der Waals surface area contributed by atoms with Gasteiger partial charge in [-0.1, -0.05) is 36.4 Å². The second kappa shape index (κ2) is 6.69. The molecule has 0 aromatic heterocycles. The first-order chi connectivity index (χ1) is 9.86. The Balaban J connectivity index is 2.04. The lowest BCUT2D eigenvalue weighted by Crippen LogP contribution is -1.92. The molecule has 0 aliphatic heterocycles. The third-order valence-corrected chi connectivity index (χ3v) is 8.83. The Morgan fingerprint density at radius 3 is 1.38 bits per heavy atom. The Kier molecular flexibility index (Phi) is 5.14. The van der Waals surface area contributed by atoms with Crippen molar-refractivity contribution in [1.82, 2.24) is 0 Å². The average Bonchev–Trinajstić information content (AvgIpc) is 2.38. The Bertz CT molecular complexity index is 619. The van der Waals surface area contributed by atoms with E-state index >= 15 is 0 Å². The van der Waals surface area contributed by atoms with E-state index in [-0.39, 0.29) is 22.5 Å². The highest BCUT2D eigenvalue weighted by Crippen LogP contribution is 2.73. The Morgan fingerprint density at radius 1 is 0.714 bits per heavy atom. The summed E-state index contributed by atoms with van der Waals surface area (Å²) >= 11 is -0.128. The lowest BCUT2D eigenvalue weighted by atomic mass is 10.3. The number of rotatable bonds is 6. The van der Waals surface area contributed by atoms with Gasteiger partial charge in [-0.05, 0) is 24.3 Å². The van der Waals surface area contributed by atoms with Crippen molar-refractivity contribution in [2.45, 2.75) is 0 Å². The molecule has 2 N–H and O–H groups in total. The van der Waals surface area contributed by atoms with Crippen molar-refractivity contribution < 1.29 is 28.0 Å². The Hall–Kier alpha value is -1.23. The molecule has 0 saturated carbocycles. The van der Waals surface area contributed by atoms with Crippen LogP contribution in [0.5, 0.6) is 11.5 Å². The van der Waals surface area contributed by atoms with E-state index in [0.717, 1.165) is 0 Å². The fourth-order valence-electron chi connectivity index (χ4n) is 1.39. The van der Waals surface area contributed by atoms with Crippen LogP contribution in [-0.2, 0) is 9.13 Å². The molecule has 0 saturated heterocycles. The topological polar surface area (TPSA) is 93.1 Å². The van der Waals surface area contributed by atoms with Gasteiger partial charge in [-0.15, -0.1) is 0 Å². The number of hydrogen-bond acceptors (Lipinski definition) is 5. The molecule has 0 spiro atoms. The molecule has 21 heavy (non-hydrogen) atoms. The minimum atomic E-state index is -4.39. The molecule has 2 rings (SSSR count). The highest BCUT2D eigenvalue weighted by atomic mass is 33.1. The smallest absolute Gasteiger partial charge is 0.417 e. The van der Waals surface area contributed by atoms with Crippen LogP contribution in [-0.4, -0.2) is 9.79 Å². The second-order valence-corrected chi connectivity index (χ2v) is 11.0. The largest absolute Gasteiger partial charge is 0.450 e. The predicted octanol–water partition coefficient (Wildman–Crippen LogP) is 4.08. The average molecular weight is 346 g/mol. The van der Waals surface area contributed by atoms with Gasteiger partial charge in [0.15, 0.2) is 0 Å². The van der Waals surface area contributed by atoms with E-state index in [2.05, 4.69) is 0 Å². The van der Waals surface area contributed by atoms with E-state index in [1.54, 1.807) is 36.4 Å². The fraction of sp³-hybridized carbons (Fsp3) is 0. The van der Waals surface area contributed by atoms with Gasteiger partial charge >= 0.3 is 13.6 Å². The molecule has 0 aliphatic rings. The molecule has 2 atom stereocenters. The Labute approximate surface area is 125 Å². The first-order valence-electron chi connectivity index (χ1n) is 5.73. The van der Waals surface area contributed by atoms with Crippen LogP contribution >= 0.6 is 24.6 Å². The summed E-state index contributed by atoms with van der Waals surface area (Å²) in [6.45, 7) is -8.79. The van der Waals surface area contributed by atoms with Crippen molar-refractivity contribution in [3.8, 4) is 11.5 Å². The maximum Gasteiger partial charge on any atom is 0.450 e. The fourth-order valence-corrected chi connectivity index (χ4v) is 6.94. The van der Waals surface area contributed by atoms with E-state index in [4.69, 9.17) is 9.05 Å². The maximum absolute atomic E-state index is 11.9. The molecule has 6 nitrogen and oxygen atoms in total. The van der Waals surface area contributed by atoms with Gasteiger partial charge in [0.2, 0.25) is 0 Å². The van der Waals surface area contributed by atoms with E-state index in [1.165, 1.54) is 24.3 Å². The molecular formula is C12H12O6P2S. The predicted molar refractivity (Wildman–Crippen MR) is 81.4 cm³/mol. The number of hydrogen-bond donors (Lipinski definition) is 2. The molecule has 112 valence electrons. The first kappa shape index (κ1) is 16.1. The van der Waals surface area contributed by atoms with Crippen LogP contribution in [0.25, 0.3) is 0 Å². The number of para-hydroxylation sites is 2. The van der Waals surface area contributed by atoms with Crippen molar-refractivity contribution in [1.29, 1.82) is 0 Å². The lowest BCUT2D eigenvalue weighted by Gasteiger charge is -2.16. The quantitative estimate of drug-likeness (QED) is 0.761. The third kappa shape index (κ3) is 5.58. The van der Waals surface area contributed by atoms with Gasteiger partial charge in [-0.3, -0.25) is 0 Å². The van der Waals surface area contributed by atoms with Crippen LogP contribution in [0.2, 0.25) is 0 Å². The molecule has 2 unspecified atom stereocenters. The van der Waals surface area contributed by atoms with Crippen LogP contribution in [0.1, 0.15) is 0 Å². The molecule has 2 aromatic carbocycles. The molecule has 0 heterocycles. The molecule has 0 aliphatic carbocycles. The zero-order chi connectivity index (χ0) is 15.3. The zero-order valence-corrected chi connectivity index (χ0v) is 13.2. The van der Waals surface area contributed by atoms with Crippen LogP contribution < -0.4 is 9.05 Å². The maximum atomic E-state index is 11.9. The summed E-state index contributed by atoms with van der Waals surface area (Å²) in [6, 6.07) is 15.7. The highest BCUT2D eigenvalue weighted by molar-refractivity contribution is 8.84. The SMILES string of the molecule is O=P(O)(Oc1ccccc1)SP(=O)(O)Oc1ccccc1. The summed E-state index contributed by atoms with van der Waals surface area (Å²) in [5.41, 5.74) is 0. The van der Waals surface area contributed by atoms with Crippen LogP contribution in [0, 0.1) is 0 Å². The van der Waals surface area contributed by atoms with Gasteiger partial charge in [0.25, 0.3) is 0 Å². The molecule has 0 fully saturated rings. The van der Waals surface area contributed by atoms with Crippen LogP contribution in [0.15, 0.2) is 60.7 Å². The van der Waals surface area contributed by atoms with Crippen LogP contribution in [0.4, 0.5) is 0 Å². The van der Waals surface area contributed by atoms with E-state index in [1.807, 2.05) is 0 Å². The molecule has 0 radical (unpaired) electrons. The van der Waals surface area contributed by atoms with Gasteiger partial charge in [0.05, 0.1) is 0 Å². The van der Waals surface area contributed by atoms with Crippen LogP contribution in [0.3, 0.4) is 0 Å². The minimum absolute atomic E-state index is 0.121. The highest BCUT2D eigenvalue weighted by Gasteiger charge is 2.37. The van der Waals surface area contributed by atoms with Gasteiger partial charge in [-0.25, -0.2) is 9.13 Å². The first-order valence-corrected chi connectivity index (χ1v) is 10.9. The zero-order valence-electron chi connectivity index (χ0n) is 10.6. The number of benzene rings is 2. The van der Waals surface area contributed by atoms with Gasteiger partial charge in [-0.2, -0.15) is 0 Å². The summed E-state index contributed by atoms with van der Waals surface area (Å²) < 4.78 is 33.4. The monoisotopic (exact) mass is 346 g/mol. The van der Waals surface area contributed by atoms with Gasteiger partial charge in [0.1, 0.15) is 22.5 Å². The molecular weight excluding hydrogens is 334 g/mol. The minimum Gasteiger partial charge on any atom is -0.417 e. The van der Waals surface area contributed by atoms with Crippen molar-refractivity contribution in [2.24, 2.45) is 0 Å². The summed E-state index contributed by atoms with van der Waals surface area (Å²) in [6.07, 6.45) is 0.